The lowest BCUT2D eigenvalue weighted by Crippen LogP contribution is -2.33. The van der Waals surface area contributed by atoms with Crippen molar-refractivity contribution < 1.29 is 13.6 Å². The van der Waals surface area contributed by atoms with E-state index >= 15 is 0 Å². The van der Waals surface area contributed by atoms with Crippen molar-refractivity contribution in [2.75, 3.05) is 18.8 Å². The molecule has 0 aliphatic rings. The highest BCUT2D eigenvalue weighted by molar-refractivity contribution is 5.95. The number of benzene rings is 1. The van der Waals surface area contributed by atoms with Gasteiger partial charge in [0.2, 0.25) is 0 Å². The average molecular weight is 256 g/mol. The van der Waals surface area contributed by atoms with Gasteiger partial charge in [0.1, 0.15) is 11.4 Å². The minimum Gasteiger partial charge on any atom is -0.396 e. The lowest BCUT2D eigenvalue weighted by atomic mass is 10.1. The van der Waals surface area contributed by atoms with Gasteiger partial charge in [-0.1, -0.05) is 13.3 Å². The van der Waals surface area contributed by atoms with Crippen molar-refractivity contribution in [2.24, 2.45) is 0 Å². The smallest absolute Gasteiger partial charge is 0.259 e. The van der Waals surface area contributed by atoms with E-state index in [9.17, 15) is 13.6 Å². The molecule has 2 N–H and O–H groups in total. The molecule has 1 amide bonds. The summed E-state index contributed by atoms with van der Waals surface area (Å²) in [6.45, 7) is 4.65. The highest BCUT2D eigenvalue weighted by Crippen LogP contribution is 2.20. The van der Waals surface area contributed by atoms with Crippen LogP contribution in [0.25, 0.3) is 0 Å². The van der Waals surface area contributed by atoms with Gasteiger partial charge in [0.15, 0.2) is 5.82 Å². The van der Waals surface area contributed by atoms with Gasteiger partial charge in [0.05, 0.1) is 5.69 Å². The molecule has 0 spiro atoms. The van der Waals surface area contributed by atoms with E-state index in [4.69, 9.17) is 5.73 Å². The van der Waals surface area contributed by atoms with Crippen LogP contribution in [0.1, 0.15) is 37.0 Å². The first-order valence-electron chi connectivity index (χ1n) is 6.05. The van der Waals surface area contributed by atoms with Gasteiger partial charge in [0, 0.05) is 13.1 Å². The average Bonchev–Trinajstić information content (AvgIpc) is 2.35. The number of nitrogens with zero attached hydrogens (tertiary/aromatic N) is 1. The highest BCUT2D eigenvalue weighted by Gasteiger charge is 2.23. The van der Waals surface area contributed by atoms with Gasteiger partial charge < -0.3 is 10.6 Å². The summed E-state index contributed by atoms with van der Waals surface area (Å²) >= 11 is 0. The molecule has 0 saturated carbocycles. The van der Waals surface area contributed by atoms with Crippen LogP contribution >= 0.6 is 0 Å². The Bertz CT molecular complexity index is 435. The Morgan fingerprint density at radius 3 is 2.56 bits per heavy atom. The first kappa shape index (κ1) is 14.4. The van der Waals surface area contributed by atoms with Gasteiger partial charge in [-0.2, -0.15) is 0 Å². The molecule has 100 valence electrons. The van der Waals surface area contributed by atoms with Crippen LogP contribution in [0.4, 0.5) is 14.5 Å². The predicted octanol–water partition coefficient (Wildman–Crippen LogP) is 2.81. The molecule has 0 aliphatic carbocycles. The second-order valence-corrected chi connectivity index (χ2v) is 4.06. The van der Waals surface area contributed by atoms with E-state index in [1.54, 1.807) is 6.92 Å². The summed E-state index contributed by atoms with van der Waals surface area (Å²) in [6, 6.07) is 2.13. The van der Waals surface area contributed by atoms with Gasteiger partial charge in [-0.25, -0.2) is 8.78 Å². The Balaban J connectivity index is 3.05. The highest BCUT2D eigenvalue weighted by atomic mass is 19.1. The molecule has 18 heavy (non-hydrogen) atoms. The molecule has 0 fully saturated rings. The molecule has 0 saturated heterocycles. The van der Waals surface area contributed by atoms with Crippen molar-refractivity contribution >= 4 is 11.6 Å². The summed E-state index contributed by atoms with van der Waals surface area (Å²) in [7, 11) is 0. The predicted molar refractivity (Wildman–Crippen MR) is 67.3 cm³/mol. The molecule has 1 aromatic carbocycles. The number of nitrogens with two attached hydrogens (primary N) is 1. The number of unbranched alkanes of at least 4 members (excludes halogenated alkanes) is 1. The molecule has 0 aliphatic heterocycles. The van der Waals surface area contributed by atoms with E-state index in [0.717, 1.165) is 25.0 Å². The van der Waals surface area contributed by atoms with Crippen molar-refractivity contribution in [3.8, 4) is 0 Å². The third-order valence-electron chi connectivity index (χ3n) is 2.79. The number of carbonyl (C=O) groups is 1. The first-order valence-corrected chi connectivity index (χ1v) is 6.05. The number of anilines is 1. The maximum atomic E-state index is 13.7. The van der Waals surface area contributed by atoms with E-state index in [1.807, 2.05) is 6.92 Å². The number of carbonyl (C=O) groups excluding carboxylic acids is 1. The molecule has 3 nitrogen and oxygen atoms in total. The first-order chi connectivity index (χ1) is 8.52. The molecule has 0 bridgehead atoms. The summed E-state index contributed by atoms with van der Waals surface area (Å²) in [6.07, 6.45) is 1.71. The minimum absolute atomic E-state index is 0.216. The van der Waals surface area contributed by atoms with Gasteiger partial charge in [-0.15, -0.1) is 0 Å². The van der Waals surface area contributed by atoms with E-state index in [2.05, 4.69) is 0 Å². The minimum atomic E-state index is -0.977. The zero-order valence-electron chi connectivity index (χ0n) is 10.7. The van der Waals surface area contributed by atoms with Crippen molar-refractivity contribution in [2.45, 2.75) is 26.7 Å². The fourth-order valence-electron chi connectivity index (χ4n) is 1.68. The SMILES string of the molecule is CCCCN(CC)C(=O)c1c(F)ccc(N)c1F. The quantitative estimate of drug-likeness (QED) is 0.823. The summed E-state index contributed by atoms with van der Waals surface area (Å²) in [5.74, 6) is -2.50. The largest absolute Gasteiger partial charge is 0.396 e. The molecule has 0 aromatic heterocycles. The summed E-state index contributed by atoms with van der Waals surface area (Å²) < 4.78 is 27.3. The molecule has 0 heterocycles. The fraction of sp³-hybridized carbons (Fsp3) is 0.462. The van der Waals surface area contributed by atoms with Gasteiger partial charge in [-0.05, 0) is 25.5 Å². The maximum Gasteiger partial charge on any atom is 0.259 e. The van der Waals surface area contributed by atoms with Crippen LogP contribution < -0.4 is 5.73 Å². The van der Waals surface area contributed by atoms with E-state index < -0.39 is 23.1 Å². The number of hydrogen-bond donors (Lipinski definition) is 1. The molecule has 0 radical (unpaired) electrons. The van der Waals surface area contributed by atoms with Crippen molar-refractivity contribution in [1.82, 2.24) is 4.90 Å². The molecular weight excluding hydrogens is 238 g/mol. The molecule has 0 atom stereocenters. The van der Waals surface area contributed by atoms with Gasteiger partial charge >= 0.3 is 0 Å². The lowest BCUT2D eigenvalue weighted by molar-refractivity contribution is 0.0752. The van der Waals surface area contributed by atoms with E-state index in [1.165, 1.54) is 4.90 Å². The third-order valence-corrected chi connectivity index (χ3v) is 2.79. The van der Waals surface area contributed by atoms with Crippen LogP contribution in [0, 0.1) is 11.6 Å². The van der Waals surface area contributed by atoms with Crippen LogP contribution in [0.2, 0.25) is 0 Å². The van der Waals surface area contributed by atoms with Crippen molar-refractivity contribution in [1.29, 1.82) is 0 Å². The normalized spacial score (nSPS) is 10.4. The second-order valence-electron chi connectivity index (χ2n) is 4.06. The summed E-state index contributed by atoms with van der Waals surface area (Å²) in [5.41, 5.74) is 4.58. The lowest BCUT2D eigenvalue weighted by Gasteiger charge is -2.21. The monoisotopic (exact) mass is 256 g/mol. The number of rotatable bonds is 5. The topological polar surface area (TPSA) is 46.3 Å². The van der Waals surface area contributed by atoms with Crippen LogP contribution in [-0.4, -0.2) is 23.9 Å². The van der Waals surface area contributed by atoms with Crippen molar-refractivity contribution in [3.63, 3.8) is 0 Å². The molecule has 1 aromatic rings. The standard InChI is InChI=1S/C13H18F2N2O/c1-3-5-8-17(4-2)13(18)11-9(14)6-7-10(16)12(11)15/h6-7H,3-5,8,16H2,1-2H3. The Morgan fingerprint density at radius 1 is 1.33 bits per heavy atom. The van der Waals surface area contributed by atoms with E-state index in [-0.39, 0.29) is 5.69 Å². The second kappa shape index (κ2) is 6.33. The van der Waals surface area contributed by atoms with Crippen LogP contribution in [-0.2, 0) is 0 Å². The Kier molecular flexibility index (Phi) is 5.07. The maximum absolute atomic E-state index is 13.7. The number of halogens is 2. The van der Waals surface area contributed by atoms with Gasteiger partial charge in [0.25, 0.3) is 5.91 Å². The summed E-state index contributed by atoms with van der Waals surface area (Å²) in [5, 5.41) is 0. The van der Waals surface area contributed by atoms with Gasteiger partial charge in [-0.3, -0.25) is 4.79 Å². The number of hydrogen-bond acceptors (Lipinski definition) is 2. The van der Waals surface area contributed by atoms with Crippen LogP contribution in [0.15, 0.2) is 12.1 Å². The third kappa shape index (κ3) is 2.97. The molecule has 0 unspecified atom stereocenters. The van der Waals surface area contributed by atoms with Crippen LogP contribution in [0.3, 0.4) is 0 Å². The number of nitrogen functional groups attached to an aromatic ring is 1. The molecular formula is C13H18F2N2O. The zero-order chi connectivity index (χ0) is 13.7. The Labute approximate surface area is 106 Å². The fourth-order valence-corrected chi connectivity index (χ4v) is 1.68. The molecule has 1 rings (SSSR count). The van der Waals surface area contributed by atoms with Crippen molar-refractivity contribution in [3.05, 3.63) is 29.3 Å². The number of amides is 1. The molecule has 5 heteroatoms. The Hall–Kier alpha value is -1.65. The van der Waals surface area contributed by atoms with E-state index in [0.29, 0.717) is 13.1 Å². The summed E-state index contributed by atoms with van der Waals surface area (Å²) in [4.78, 5) is 13.5. The van der Waals surface area contributed by atoms with Crippen LogP contribution in [0.5, 0.6) is 0 Å². The zero-order valence-corrected chi connectivity index (χ0v) is 10.7. The Morgan fingerprint density at radius 2 is 2.00 bits per heavy atom.